The highest BCUT2D eigenvalue weighted by molar-refractivity contribution is 5.94. The molecule has 4 aromatic heterocycles. The Morgan fingerprint density at radius 2 is 1.07 bits per heavy atom. The Morgan fingerprint density at radius 3 is 1.52 bits per heavy atom. The normalized spacial score (nSPS) is 15.6. The standard InChI is InChI=1S/C30H38N2O2.C28H32N2O3/c1-12-21-25(30(10,11)29(8,9)20(7)33)19(6)27-26-22(14-32(27)28(21)34)18(5)24-17(4)16(3)15(2)13-23(24)31-26;1-13-10-20-21(15(3)14(13)2)16(4)18-11-30-24(23(18)29-20)17(5)22-19(25(30)31)12-33-26(32)28(8,9)27(22,6)7/h13H,12,14H2,1-11H3;10H,11-12H2,1-9H3. The summed E-state index contributed by atoms with van der Waals surface area (Å²) in [4.78, 5) is 63.6. The lowest BCUT2D eigenvalue weighted by Crippen LogP contribution is -2.44. The van der Waals surface area contributed by atoms with Gasteiger partial charge in [0.25, 0.3) is 11.1 Å². The Morgan fingerprint density at radius 1 is 0.627 bits per heavy atom. The van der Waals surface area contributed by atoms with Gasteiger partial charge in [0.05, 0.1) is 57.9 Å². The molecule has 67 heavy (non-hydrogen) atoms. The van der Waals surface area contributed by atoms with Gasteiger partial charge in [-0.2, -0.15) is 0 Å². The van der Waals surface area contributed by atoms with Gasteiger partial charge in [-0.05, 0) is 175 Å². The van der Waals surface area contributed by atoms with Crippen LogP contribution in [0.2, 0.25) is 0 Å². The Kier molecular flexibility index (Phi) is 11.0. The molecule has 0 atom stereocenters. The third-order valence-corrected chi connectivity index (χ3v) is 18.1. The SMILES string of the molecule is CCc1c(C(C)(C)C(C)(C)C(C)=O)c(C)c2n(c1=O)Cc1c-2nc2cc(C)c(C)c(C)c2c1C.Cc1cc2nc3c(c(C)c2c(C)c1C)Cn1c-3c(C)c2c(c1=O)COC(=O)C(C)(C)C2(C)C. The van der Waals surface area contributed by atoms with Gasteiger partial charge in [-0.3, -0.25) is 19.2 Å². The number of nitrogens with zero attached hydrogens (tertiary/aromatic N) is 4. The van der Waals surface area contributed by atoms with E-state index in [2.05, 4.69) is 95.2 Å². The van der Waals surface area contributed by atoms with E-state index in [4.69, 9.17) is 14.7 Å². The van der Waals surface area contributed by atoms with E-state index < -0.39 is 21.7 Å². The molecule has 0 spiro atoms. The average Bonchev–Trinajstić information content (AvgIpc) is 3.82. The predicted octanol–water partition coefficient (Wildman–Crippen LogP) is 11.8. The van der Waals surface area contributed by atoms with Crippen LogP contribution in [0.1, 0.15) is 158 Å². The van der Waals surface area contributed by atoms with Crippen molar-refractivity contribution in [3.63, 3.8) is 0 Å². The van der Waals surface area contributed by atoms with Gasteiger partial charge in [-0.15, -0.1) is 0 Å². The van der Waals surface area contributed by atoms with Gasteiger partial charge >= 0.3 is 5.97 Å². The summed E-state index contributed by atoms with van der Waals surface area (Å²) in [5, 5.41) is 2.39. The van der Waals surface area contributed by atoms with Crippen LogP contribution in [-0.4, -0.2) is 30.9 Å². The fourth-order valence-corrected chi connectivity index (χ4v) is 11.9. The van der Waals surface area contributed by atoms with Crippen LogP contribution in [0.5, 0.6) is 0 Å². The number of carbonyl (C=O) groups is 2. The van der Waals surface area contributed by atoms with E-state index in [1.165, 1.54) is 55.3 Å². The van der Waals surface area contributed by atoms with Gasteiger partial charge in [0.15, 0.2) is 0 Å². The van der Waals surface area contributed by atoms with Gasteiger partial charge in [0.1, 0.15) is 12.4 Å². The second-order valence-corrected chi connectivity index (χ2v) is 22.2. The smallest absolute Gasteiger partial charge is 0.312 e. The van der Waals surface area contributed by atoms with E-state index in [0.717, 1.165) is 72.8 Å². The van der Waals surface area contributed by atoms with Gasteiger partial charge in [-0.1, -0.05) is 48.5 Å². The quantitative estimate of drug-likeness (QED) is 0.162. The summed E-state index contributed by atoms with van der Waals surface area (Å²) in [7, 11) is 0. The monoisotopic (exact) mass is 903 g/mol. The van der Waals surface area contributed by atoms with E-state index in [0.29, 0.717) is 25.1 Å². The van der Waals surface area contributed by atoms with Crippen molar-refractivity contribution in [3.8, 4) is 22.8 Å². The van der Waals surface area contributed by atoms with Crippen molar-refractivity contribution in [2.45, 2.75) is 175 Å². The maximum absolute atomic E-state index is 13.9. The number of esters is 1. The molecule has 0 aliphatic carbocycles. The fourth-order valence-electron chi connectivity index (χ4n) is 11.9. The highest BCUT2D eigenvalue weighted by Crippen LogP contribution is 2.51. The second-order valence-electron chi connectivity index (χ2n) is 22.2. The summed E-state index contributed by atoms with van der Waals surface area (Å²) in [6.45, 7) is 42.3. The Labute approximate surface area is 396 Å². The summed E-state index contributed by atoms with van der Waals surface area (Å²) in [6.07, 6.45) is 0.634. The molecule has 9 rings (SSSR count). The topological polar surface area (TPSA) is 113 Å². The van der Waals surface area contributed by atoms with Crippen molar-refractivity contribution in [2.24, 2.45) is 10.8 Å². The molecule has 0 saturated carbocycles. The zero-order valence-electron chi connectivity index (χ0n) is 43.8. The zero-order chi connectivity index (χ0) is 49.7. The summed E-state index contributed by atoms with van der Waals surface area (Å²) in [5.41, 5.74) is 20.7. The summed E-state index contributed by atoms with van der Waals surface area (Å²) < 4.78 is 9.38. The number of aromatic nitrogens is 4. The maximum Gasteiger partial charge on any atom is 0.312 e. The zero-order valence-corrected chi connectivity index (χ0v) is 43.8. The lowest BCUT2D eigenvalue weighted by molar-refractivity contribution is -0.157. The number of rotatable bonds is 4. The second kappa shape index (κ2) is 15.4. The number of hydrogen-bond donors (Lipinski definition) is 0. The largest absolute Gasteiger partial charge is 0.460 e. The molecule has 2 aromatic carbocycles. The molecule has 9 heteroatoms. The molecule has 7 heterocycles. The van der Waals surface area contributed by atoms with E-state index in [-0.39, 0.29) is 29.5 Å². The number of carbonyl (C=O) groups excluding carboxylic acids is 2. The molecule has 6 aromatic rings. The minimum Gasteiger partial charge on any atom is -0.460 e. The van der Waals surface area contributed by atoms with E-state index in [9.17, 15) is 19.2 Å². The molecule has 0 N–H and O–H groups in total. The van der Waals surface area contributed by atoms with Crippen LogP contribution >= 0.6 is 0 Å². The van der Waals surface area contributed by atoms with Gasteiger partial charge in [0.2, 0.25) is 0 Å². The van der Waals surface area contributed by atoms with Crippen LogP contribution in [0, 0.1) is 80.1 Å². The van der Waals surface area contributed by atoms with E-state index in [1.54, 1.807) is 6.92 Å². The third-order valence-electron chi connectivity index (χ3n) is 18.1. The first kappa shape index (κ1) is 47.8. The maximum atomic E-state index is 13.9. The van der Waals surface area contributed by atoms with Gasteiger partial charge in [-0.25, -0.2) is 9.97 Å². The van der Waals surface area contributed by atoms with Crippen molar-refractivity contribution in [3.05, 3.63) is 122 Å². The van der Waals surface area contributed by atoms with Crippen LogP contribution < -0.4 is 11.1 Å². The van der Waals surface area contributed by atoms with Crippen LogP contribution in [0.25, 0.3) is 44.6 Å². The fraction of sp³-hybridized carbons (Fsp3) is 0.483. The first-order chi connectivity index (χ1) is 31.0. The predicted molar refractivity (Wildman–Crippen MR) is 272 cm³/mol. The summed E-state index contributed by atoms with van der Waals surface area (Å²) >= 11 is 0. The van der Waals surface area contributed by atoms with Crippen molar-refractivity contribution in [1.82, 2.24) is 19.1 Å². The molecule has 0 bridgehead atoms. The van der Waals surface area contributed by atoms with E-state index >= 15 is 0 Å². The first-order valence-corrected chi connectivity index (χ1v) is 24.0. The molecule has 0 radical (unpaired) electrons. The van der Waals surface area contributed by atoms with Crippen LogP contribution in [0.15, 0.2) is 21.7 Å². The molecule has 0 amide bonds. The van der Waals surface area contributed by atoms with Crippen molar-refractivity contribution < 1.29 is 14.3 Å². The summed E-state index contributed by atoms with van der Waals surface area (Å²) in [5.74, 6) is -0.143. The molecule has 0 saturated heterocycles. The van der Waals surface area contributed by atoms with Crippen molar-refractivity contribution in [1.29, 1.82) is 0 Å². The Hall–Kier alpha value is -5.70. The molecule has 3 aliphatic heterocycles. The van der Waals surface area contributed by atoms with E-state index in [1.807, 2.05) is 57.6 Å². The summed E-state index contributed by atoms with van der Waals surface area (Å²) in [6, 6.07) is 4.33. The molecule has 352 valence electrons. The molecule has 3 aliphatic rings. The number of ether oxygens (including phenoxy) is 1. The third kappa shape index (κ3) is 6.38. The van der Waals surface area contributed by atoms with Gasteiger partial charge in [0, 0.05) is 43.7 Å². The Bertz CT molecular complexity index is 3370. The molecule has 0 fully saturated rings. The number of pyridine rings is 4. The highest BCUT2D eigenvalue weighted by Gasteiger charge is 2.51. The first-order valence-electron chi connectivity index (χ1n) is 24.0. The number of cyclic esters (lactones) is 1. The van der Waals surface area contributed by atoms with Gasteiger partial charge < -0.3 is 13.9 Å². The van der Waals surface area contributed by atoms with Crippen LogP contribution in [0.3, 0.4) is 0 Å². The Balaban J connectivity index is 0.000000182. The number of benzene rings is 2. The van der Waals surface area contributed by atoms with Crippen LogP contribution in [0.4, 0.5) is 0 Å². The number of ketones is 1. The van der Waals surface area contributed by atoms with Crippen molar-refractivity contribution >= 4 is 33.6 Å². The lowest BCUT2D eigenvalue weighted by atomic mass is 9.60. The number of hydrogen-bond acceptors (Lipinski definition) is 7. The number of fused-ring (bicyclic) bond motifs is 9. The minimum atomic E-state index is -0.770. The van der Waals surface area contributed by atoms with Crippen molar-refractivity contribution in [2.75, 3.05) is 0 Å². The highest BCUT2D eigenvalue weighted by atomic mass is 16.5. The minimum absolute atomic E-state index is 0.0171. The number of aryl methyl sites for hydroxylation is 6. The number of Topliss-reactive ketones (excluding diaryl/α,β-unsaturated/α-hetero) is 1. The van der Waals surface area contributed by atoms with Crippen LogP contribution in [-0.2, 0) is 51.3 Å². The average molecular weight is 903 g/mol. The molecule has 9 nitrogen and oxygen atoms in total. The molecular weight excluding hydrogens is 833 g/mol. The molecular formula is C58H70N4O5. The molecule has 0 unspecified atom stereocenters. The lowest BCUT2D eigenvalue weighted by Gasteiger charge is -2.42.